The summed E-state index contributed by atoms with van der Waals surface area (Å²) in [6, 6.07) is 7.75. The first-order chi connectivity index (χ1) is 15.5. The van der Waals surface area contributed by atoms with Gasteiger partial charge >= 0.3 is 0 Å². The zero-order valence-electron chi connectivity index (χ0n) is 19.2. The van der Waals surface area contributed by atoms with Crippen molar-refractivity contribution in [3.8, 4) is 5.75 Å². The predicted molar refractivity (Wildman–Crippen MR) is 127 cm³/mol. The number of benzene rings is 1. The smallest absolute Gasteiger partial charge is 0.225 e. The van der Waals surface area contributed by atoms with E-state index >= 15 is 0 Å². The number of para-hydroxylation sites is 1. The van der Waals surface area contributed by atoms with Gasteiger partial charge in [0.2, 0.25) is 11.9 Å². The highest BCUT2D eigenvalue weighted by Gasteiger charge is 2.24. The van der Waals surface area contributed by atoms with E-state index in [9.17, 15) is 9.90 Å². The van der Waals surface area contributed by atoms with Crippen molar-refractivity contribution in [1.82, 2.24) is 15.3 Å². The molecule has 0 saturated heterocycles. The summed E-state index contributed by atoms with van der Waals surface area (Å²) < 4.78 is 0. The third-order valence-corrected chi connectivity index (χ3v) is 6.62. The van der Waals surface area contributed by atoms with Crippen molar-refractivity contribution in [3.05, 3.63) is 41.1 Å². The van der Waals surface area contributed by atoms with Crippen molar-refractivity contribution < 1.29 is 9.90 Å². The van der Waals surface area contributed by atoms with E-state index in [-0.39, 0.29) is 17.7 Å². The topological polar surface area (TPSA) is 90.4 Å². The summed E-state index contributed by atoms with van der Waals surface area (Å²) in [6.07, 6.45) is 9.34. The first-order valence-corrected chi connectivity index (χ1v) is 11.9. The van der Waals surface area contributed by atoms with Crippen LogP contribution >= 0.6 is 0 Å². The van der Waals surface area contributed by atoms with Gasteiger partial charge in [0.25, 0.3) is 0 Å². The molecule has 0 aliphatic heterocycles. The van der Waals surface area contributed by atoms with E-state index in [2.05, 4.69) is 15.5 Å². The van der Waals surface area contributed by atoms with Crippen LogP contribution in [-0.2, 0) is 24.1 Å². The van der Waals surface area contributed by atoms with Crippen molar-refractivity contribution >= 4 is 17.7 Å². The molecule has 0 unspecified atom stereocenters. The van der Waals surface area contributed by atoms with Crippen LogP contribution in [0.3, 0.4) is 0 Å². The van der Waals surface area contributed by atoms with Gasteiger partial charge in [0.05, 0.1) is 5.69 Å². The molecule has 2 aliphatic rings. The summed E-state index contributed by atoms with van der Waals surface area (Å²) in [6.45, 7) is 0. The molecule has 7 nitrogen and oxygen atoms in total. The molecule has 7 heteroatoms. The molecule has 1 amide bonds. The molecule has 0 bridgehead atoms. The lowest BCUT2D eigenvalue weighted by Gasteiger charge is -2.30. The van der Waals surface area contributed by atoms with Crippen molar-refractivity contribution in [2.75, 3.05) is 24.3 Å². The number of aromatic hydroxyl groups is 1. The van der Waals surface area contributed by atoms with Crippen LogP contribution in [0, 0.1) is 0 Å². The van der Waals surface area contributed by atoms with Crippen LogP contribution in [0.1, 0.15) is 61.8 Å². The van der Waals surface area contributed by atoms with E-state index in [0.29, 0.717) is 18.9 Å². The largest absolute Gasteiger partial charge is 0.508 e. The molecule has 0 atom stereocenters. The van der Waals surface area contributed by atoms with Crippen molar-refractivity contribution in [1.29, 1.82) is 0 Å². The number of fused-ring (bicyclic) bond motifs is 1. The standard InChI is InChI=1S/C25H35N5O2/c1-30(2)24-20-8-4-5-9-21(20)28-25(29-24)27-19-14-12-18(13-15-19)26-23(32)16-11-17-7-3-6-10-22(17)31/h3,6-7,10,18-19,31H,4-5,8-9,11-16H2,1-2H3,(H,26,32)(H,27,28,29). The zero-order chi connectivity index (χ0) is 22.5. The number of phenols is 1. The Kier molecular flexibility index (Phi) is 7.12. The number of carbonyl (C=O) groups excluding carboxylic acids is 1. The van der Waals surface area contributed by atoms with Gasteiger partial charge in [-0.2, -0.15) is 4.98 Å². The minimum atomic E-state index is 0.0540. The predicted octanol–water partition coefficient (Wildman–Crippen LogP) is 3.60. The molecule has 2 aliphatic carbocycles. The number of aryl methyl sites for hydroxylation is 2. The first kappa shape index (κ1) is 22.4. The van der Waals surface area contributed by atoms with E-state index in [1.54, 1.807) is 12.1 Å². The van der Waals surface area contributed by atoms with Gasteiger partial charge in [0, 0.05) is 38.2 Å². The lowest BCUT2D eigenvalue weighted by Crippen LogP contribution is -2.40. The van der Waals surface area contributed by atoms with Crippen LogP contribution in [0.4, 0.5) is 11.8 Å². The summed E-state index contributed by atoms with van der Waals surface area (Å²) in [5.41, 5.74) is 3.32. The maximum Gasteiger partial charge on any atom is 0.225 e. The number of hydrogen-bond donors (Lipinski definition) is 3. The highest BCUT2D eigenvalue weighted by molar-refractivity contribution is 5.76. The van der Waals surface area contributed by atoms with Gasteiger partial charge in [-0.1, -0.05) is 18.2 Å². The number of aromatic nitrogens is 2. The van der Waals surface area contributed by atoms with E-state index in [0.717, 1.165) is 55.9 Å². The average Bonchev–Trinajstić information content (AvgIpc) is 2.79. The van der Waals surface area contributed by atoms with Crippen LogP contribution in [0.5, 0.6) is 5.75 Å². The summed E-state index contributed by atoms with van der Waals surface area (Å²) in [5.74, 6) is 2.10. The second kappa shape index (κ2) is 10.2. The Labute approximate surface area is 190 Å². The molecule has 3 N–H and O–H groups in total. The molecular formula is C25H35N5O2. The fourth-order valence-electron chi connectivity index (χ4n) is 4.84. The lowest BCUT2D eigenvalue weighted by molar-refractivity contribution is -0.122. The second-order valence-electron chi connectivity index (χ2n) is 9.29. The number of nitrogens with zero attached hydrogens (tertiary/aromatic N) is 3. The summed E-state index contributed by atoms with van der Waals surface area (Å²) in [5, 5.41) is 16.6. The molecule has 1 aromatic carbocycles. The van der Waals surface area contributed by atoms with E-state index in [1.807, 2.05) is 26.2 Å². The highest BCUT2D eigenvalue weighted by Crippen LogP contribution is 2.29. The Hall–Kier alpha value is -2.83. The maximum absolute atomic E-state index is 12.4. The number of phenolic OH excluding ortho intramolecular Hbond substituents is 1. The average molecular weight is 438 g/mol. The van der Waals surface area contributed by atoms with E-state index in [4.69, 9.17) is 9.97 Å². The van der Waals surface area contributed by atoms with Gasteiger partial charge in [0.15, 0.2) is 0 Å². The van der Waals surface area contributed by atoms with Crippen LogP contribution in [0.15, 0.2) is 24.3 Å². The van der Waals surface area contributed by atoms with Crippen LogP contribution in [-0.4, -0.2) is 47.2 Å². The summed E-state index contributed by atoms with van der Waals surface area (Å²) in [7, 11) is 4.10. The molecule has 1 saturated carbocycles. The van der Waals surface area contributed by atoms with Gasteiger partial charge in [-0.05, 0) is 69.4 Å². The summed E-state index contributed by atoms with van der Waals surface area (Å²) >= 11 is 0. The normalized spacial score (nSPS) is 20.3. The van der Waals surface area contributed by atoms with Crippen molar-refractivity contribution in [2.45, 2.75) is 76.3 Å². The quantitative estimate of drug-likeness (QED) is 0.613. The Morgan fingerprint density at radius 3 is 2.53 bits per heavy atom. The Morgan fingerprint density at radius 2 is 1.78 bits per heavy atom. The SMILES string of the molecule is CN(C)c1nc(NC2CCC(NC(=O)CCc3ccccc3O)CC2)nc2c1CCCC2. The van der Waals surface area contributed by atoms with Crippen molar-refractivity contribution in [2.24, 2.45) is 0 Å². The van der Waals surface area contributed by atoms with E-state index in [1.165, 1.54) is 24.1 Å². The number of carbonyl (C=O) groups is 1. The maximum atomic E-state index is 12.4. The number of hydrogen-bond acceptors (Lipinski definition) is 6. The van der Waals surface area contributed by atoms with Gasteiger partial charge in [0.1, 0.15) is 11.6 Å². The minimum absolute atomic E-state index is 0.0540. The molecule has 4 rings (SSSR count). The van der Waals surface area contributed by atoms with Gasteiger partial charge in [-0.3, -0.25) is 4.79 Å². The second-order valence-corrected chi connectivity index (χ2v) is 9.29. The molecule has 2 aromatic rings. The zero-order valence-corrected chi connectivity index (χ0v) is 19.2. The Bertz CT molecular complexity index is 938. The molecule has 1 fully saturated rings. The minimum Gasteiger partial charge on any atom is -0.508 e. The Morgan fingerprint density at radius 1 is 1.06 bits per heavy atom. The van der Waals surface area contributed by atoms with Gasteiger partial charge in [-0.25, -0.2) is 4.98 Å². The molecule has 0 spiro atoms. The molecule has 32 heavy (non-hydrogen) atoms. The molecule has 172 valence electrons. The monoisotopic (exact) mass is 437 g/mol. The number of rotatable bonds is 7. The fourth-order valence-corrected chi connectivity index (χ4v) is 4.84. The summed E-state index contributed by atoms with van der Waals surface area (Å²) in [4.78, 5) is 24.1. The molecule has 0 radical (unpaired) electrons. The lowest BCUT2D eigenvalue weighted by atomic mass is 9.91. The van der Waals surface area contributed by atoms with Gasteiger partial charge in [-0.15, -0.1) is 0 Å². The van der Waals surface area contributed by atoms with Gasteiger partial charge < -0.3 is 20.6 Å². The van der Waals surface area contributed by atoms with Crippen LogP contribution in [0.2, 0.25) is 0 Å². The third kappa shape index (κ3) is 5.50. The fraction of sp³-hybridized carbons (Fsp3) is 0.560. The number of anilines is 2. The third-order valence-electron chi connectivity index (χ3n) is 6.62. The Balaban J connectivity index is 1.26. The number of amides is 1. The molecular weight excluding hydrogens is 402 g/mol. The number of nitrogens with one attached hydrogen (secondary N) is 2. The molecule has 1 aromatic heterocycles. The highest BCUT2D eigenvalue weighted by atomic mass is 16.3. The first-order valence-electron chi connectivity index (χ1n) is 11.9. The molecule has 1 heterocycles. The van der Waals surface area contributed by atoms with Crippen molar-refractivity contribution in [3.63, 3.8) is 0 Å². The van der Waals surface area contributed by atoms with Crippen LogP contribution in [0.25, 0.3) is 0 Å². The van der Waals surface area contributed by atoms with E-state index < -0.39 is 0 Å². The van der Waals surface area contributed by atoms with Crippen LogP contribution < -0.4 is 15.5 Å².